The Bertz CT molecular complexity index is 780. The molecule has 0 aromatic heterocycles. The second kappa shape index (κ2) is 7.66. The zero-order valence-corrected chi connectivity index (χ0v) is 15.1. The van der Waals surface area contributed by atoms with Crippen molar-refractivity contribution in [2.75, 3.05) is 5.32 Å². The molecule has 0 radical (unpaired) electrons. The summed E-state index contributed by atoms with van der Waals surface area (Å²) in [6.07, 6.45) is -0.221. The highest BCUT2D eigenvalue weighted by molar-refractivity contribution is 6.31. The lowest BCUT2D eigenvalue weighted by atomic mass is 10.1. The molecule has 2 rings (SSSR count). The number of anilines is 1. The Morgan fingerprint density at radius 2 is 1.76 bits per heavy atom. The number of benzene rings is 2. The third-order valence-corrected chi connectivity index (χ3v) is 3.69. The Labute approximate surface area is 151 Å². The maximum Gasteiger partial charge on any atom is 0.253 e. The summed E-state index contributed by atoms with van der Waals surface area (Å²) in [5.41, 5.74) is 0.417. The van der Waals surface area contributed by atoms with E-state index >= 15 is 0 Å². The number of para-hydroxylation sites is 1. The molecule has 132 valence electrons. The van der Waals surface area contributed by atoms with Gasteiger partial charge in [-0.15, -0.1) is 0 Å². The number of hydrogen-bond acceptors (Lipinski definition) is 2. The predicted octanol–water partition coefficient (Wildman–Crippen LogP) is 4.19. The number of halogens is 2. The fourth-order valence-corrected chi connectivity index (χ4v) is 2.48. The summed E-state index contributed by atoms with van der Waals surface area (Å²) in [5.74, 6) is -1.29. The molecule has 0 aliphatic heterocycles. The van der Waals surface area contributed by atoms with Crippen molar-refractivity contribution in [1.82, 2.24) is 5.32 Å². The van der Waals surface area contributed by atoms with E-state index in [4.69, 9.17) is 11.6 Å². The van der Waals surface area contributed by atoms with E-state index in [0.29, 0.717) is 11.3 Å². The Kier molecular flexibility index (Phi) is 5.80. The summed E-state index contributed by atoms with van der Waals surface area (Å²) in [4.78, 5) is 24.7. The fourth-order valence-electron chi connectivity index (χ4n) is 2.25. The van der Waals surface area contributed by atoms with Crippen molar-refractivity contribution in [2.45, 2.75) is 32.7 Å². The lowest BCUT2D eigenvalue weighted by Gasteiger charge is -2.21. The van der Waals surface area contributed by atoms with Gasteiger partial charge in [0.2, 0.25) is 5.91 Å². The maximum absolute atomic E-state index is 13.8. The van der Waals surface area contributed by atoms with Crippen molar-refractivity contribution in [3.63, 3.8) is 0 Å². The first-order valence-corrected chi connectivity index (χ1v) is 8.19. The highest BCUT2D eigenvalue weighted by Crippen LogP contribution is 2.21. The molecule has 0 spiro atoms. The molecule has 25 heavy (non-hydrogen) atoms. The van der Waals surface area contributed by atoms with E-state index in [2.05, 4.69) is 10.6 Å². The SMILES string of the molecule is CC(C)(C)NC(=O)c1ccccc1NC(=O)Cc1c(F)cccc1Cl. The molecule has 0 unspecified atom stereocenters. The van der Waals surface area contributed by atoms with Crippen molar-refractivity contribution in [3.8, 4) is 0 Å². The topological polar surface area (TPSA) is 58.2 Å². The first kappa shape index (κ1) is 18.9. The van der Waals surface area contributed by atoms with Gasteiger partial charge in [-0.2, -0.15) is 0 Å². The van der Waals surface area contributed by atoms with Crippen molar-refractivity contribution in [3.05, 3.63) is 64.4 Å². The highest BCUT2D eigenvalue weighted by Gasteiger charge is 2.19. The van der Waals surface area contributed by atoms with E-state index in [1.165, 1.54) is 18.2 Å². The summed E-state index contributed by atoms with van der Waals surface area (Å²) in [5, 5.41) is 5.69. The van der Waals surface area contributed by atoms with Gasteiger partial charge in [0.1, 0.15) is 5.82 Å². The second-order valence-electron chi connectivity index (χ2n) is 6.67. The van der Waals surface area contributed by atoms with E-state index in [9.17, 15) is 14.0 Å². The molecular weight excluding hydrogens is 343 g/mol. The Morgan fingerprint density at radius 1 is 1.08 bits per heavy atom. The first-order chi connectivity index (χ1) is 11.7. The molecule has 0 saturated heterocycles. The minimum atomic E-state index is -0.540. The lowest BCUT2D eigenvalue weighted by molar-refractivity contribution is -0.115. The number of amides is 2. The number of carbonyl (C=O) groups is 2. The smallest absolute Gasteiger partial charge is 0.253 e. The van der Waals surface area contributed by atoms with Gasteiger partial charge in [-0.1, -0.05) is 29.8 Å². The third-order valence-electron chi connectivity index (χ3n) is 3.33. The van der Waals surface area contributed by atoms with Gasteiger partial charge in [-0.3, -0.25) is 9.59 Å². The normalized spacial score (nSPS) is 11.1. The van der Waals surface area contributed by atoms with Crippen LogP contribution in [0.25, 0.3) is 0 Å². The Morgan fingerprint density at radius 3 is 2.40 bits per heavy atom. The van der Waals surface area contributed by atoms with Gasteiger partial charge in [0.15, 0.2) is 0 Å². The van der Waals surface area contributed by atoms with Crippen molar-refractivity contribution < 1.29 is 14.0 Å². The molecule has 0 bridgehead atoms. The predicted molar refractivity (Wildman–Crippen MR) is 97.4 cm³/mol. The van der Waals surface area contributed by atoms with Crippen LogP contribution in [0, 0.1) is 5.82 Å². The quantitative estimate of drug-likeness (QED) is 0.856. The highest BCUT2D eigenvalue weighted by atomic mass is 35.5. The zero-order chi connectivity index (χ0) is 18.6. The van der Waals surface area contributed by atoms with Gasteiger partial charge in [0, 0.05) is 16.1 Å². The zero-order valence-electron chi connectivity index (χ0n) is 14.3. The van der Waals surface area contributed by atoms with Gasteiger partial charge in [0.05, 0.1) is 17.7 Å². The Hall–Kier alpha value is -2.40. The van der Waals surface area contributed by atoms with Crippen LogP contribution in [0.3, 0.4) is 0 Å². The van der Waals surface area contributed by atoms with Crippen LogP contribution in [0.1, 0.15) is 36.7 Å². The molecule has 6 heteroatoms. The summed E-state index contributed by atoms with van der Waals surface area (Å²) >= 11 is 5.95. The number of rotatable bonds is 4. The monoisotopic (exact) mass is 362 g/mol. The molecule has 0 atom stereocenters. The van der Waals surface area contributed by atoms with Gasteiger partial charge in [0.25, 0.3) is 5.91 Å². The third kappa shape index (κ3) is 5.29. The summed E-state index contributed by atoms with van der Waals surface area (Å²) in [7, 11) is 0. The minimum Gasteiger partial charge on any atom is -0.347 e. The summed E-state index contributed by atoms with van der Waals surface area (Å²) in [6, 6.07) is 10.9. The molecule has 2 aromatic carbocycles. The standard InChI is InChI=1S/C19H20ClFN2O2/c1-19(2,3)23-18(25)12-7-4-5-10-16(12)22-17(24)11-13-14(20)8-6-9-15(13)21/h4-10H,11H2,1-3H3,(H,22,24)(H,23,25). The molecule has 0 aliphatic rings. The van der Waals surface area contributed by atoms with Crippen LogP contribution in [0.5, 0.6) is 0 Å². The van der Waals surface area contributed by atoms with Crippen molar-refractivity contribution in [2.24, 2.45) is 0 Å². The van der Waals surface area contributed by atoms with Crippen molar-refractivity contribution in [1.29, 1.82) is 0 Å². The van der Waals surface area contributed by atoms with E-state index in [0.717, 1.165) is 0 Å². The number of hydrogen-bond donors (Lipinski definition) is 2. The van der Waals surface area contributed by atoms with E-state index in [1.54, 1.807) is 24.3 Å². The van der Waals surface area contributed by atoms with E-state index < -0.39 is 17.3 Å². The second-order valence-corrected chi connectivity index (χ2v) is 7.08. The van der Waals surface area contributed by atoms with Crippen LogP contribution in [0.2, 0.25) is 5.02 Å². The average molecular weight is 363 g/mol. The molecule has 0 aliphatic carbocycles. The molecule has 0 heterocycles. The maximum atomic E-state index is 13.8. The van der Waals surface area contributed by atoms with Crippen LogP contribution in [-0.4, -0.2) is 17.4 Å². The van der Waals surface area contributed by atoms with E-state index in [1.807, 2.05) is 20.8 Å². The molecular formula is C19H20ClFN2O2. The molecule has 2 aromatic rings. The largest absolute Gasteiger partial charge is 0.347 e. The minimum absolute atomic E-state index is 0.123. The van der Waals surface area contributed by atoms with Crippen LogP contribution >= 0.6 is 11.6 Å². The average Bonchev–Trinajstić information content (AvgIpc) is 2.50. The summed E-state index contributed by atoms with van der Waals surface area (Å²) < 4.78 is 13.8. The van der Waals surface area contributed by atoms with Gasteiger partial charge >= 0.3 is 0 Å². The summed E-state index contributed by atoms with van der Waals surface area (Å²) in [6.45, 7) is 5.60. The number of carbonyl (C=O) groups excluding carboxylic acids is 2. The van der Waals surface area contributed by atoms with Gasteiger partial charge < -0.3 is 10.6 Å². The molecule has 4 nitrogen and oxygen atoms in total. The fraction of sp³-hybridized carbons (Fsp3) is 0.263. The van der Waals surface area contributed by atoms with Crippen LogP contribution in [-0.2, 0) is 11.2 Å². The Balaban J connectivity index is 2.18. The van der Waals surface area contributed by atoms with Crippen LogP contribution in [0.15, 0.2) is 42.5 Å². The van der Waals surface area contributed by atoms with E-state index in [-0.39, 0.29) is 22.9 Å². The molecule has 0 fully saturated rings. The van der Waals surface area contributed by atoms with Gasteiger partial charge in [-0.05, 0) is 45.0 Å². The molecule has 2 amide bonds. The molecule has 0 saturated carbocycles. The first-order valence-electron chi connectivity index (χ1n) is 7.81. The van der Waals surface area contributed by atoms with Crippen LogP contribution in [0.4, 0.5) is 10.1 Å². The lowest BCUT2D eigenvalue weighted by Crippen LogP contribution is -2.40. The van der Waals surface area contributed by atoms with Gasteiger partial charge in [-0.25, -0.2) is 4.39 Å². The van der Waals surface area contributed by atoms with Crippen molar-refractivity contribution >= 4 is 29.1 Å². The molecule has 2 N–H and O–H groups in total. The van der Waals surface area contributed by atoms with Crippen LogP contribution < -0.4 is 10.6 Å². The number of nitrogens with one attached hydrogen (secondary N) is 2.